The summed E-state index contributed by atoms with van der Waals surface area (Å²) in [4.78, 5) is 12.6. The van der Waals surface area contributed by atoms with Crippen LogP contribution in [0.25, 0.3) is 0 Å². The van der Waals surface area contributed by atoms with Crippen molar-refractivity contribution >= 4 is 17.7 Å². The van der Waals surface area contributed by atoms with Gasteiger partial charge >= 0.3 is 5.97 Å². The van der Waals surface area contributed by atoms with Gasteiger partial charge in [0.25, 0.3) is 0 Å². The van der Waals surface area contributed by atoms with Gasteiger partial charge in [0.1, 0.15) is 0 Å². The van der Waals surface area contributed by atoms with Crippen molar-refractivity contribution in [3.63, 3.8) is 0 Å². The molecule has 0 amide bonds. The highest BCUT2D eigenvalue weighted by molar-refractivity contribution is 7.98. The molecule has 2 N–H and O–H groups in total. The Morgan fingerprint density at radius 3 is 2.62 bits per heavy atom. The second-order valence-corrected chi connectivity index (χ2v) is 6.77. The van der Waals surface area contributed by atoms with Gasteiger partial charge in [-0.15, -0.1) is 11.8 Å². The van der Waals surface area contributed by atoms with Crippen LogP contribution in [0.4, 0.5) is 0 Å². The molecule has 1 aliphatic rings. The number of thioether (sulfide) groups is 1. The van der Waals surface area contributed by atoms with Crippen molar-refractivity contribution in [2.75, 3.05) is 12.8 Å². The van der Waals surface area contributed by atoms with Crippen LogP contribution in [0.5, 0.6) is 0 Å². The van der Waals surface area contributed by atoms with Crippen LogP contribution in [-0.4, -0.2) is 23.9 Å². The van der Waals surface area contributed by atoms with E-state index in [9.17, 15) is 9.90 Å². The van der Waals surface area contributed by atoms with E-state index in [-0.39, 0.29) is 17.9 Å². The SMILES string of the molecule is CSc1ccc(C(C)NCC2CCCCC2C(=O)O)cc1. The summed E-state index contributed by atoms with van der Waals surface area (Å²) >= 11 is 1.74. The lowest BCUT2D eigenvalue weighted by atomic mass is 9.79. The van der Waals surface area contributed by atoms with E-state index in [2.05, 4.69) is 42.8 Å². The van der Waals surface area contributed by atoms with E-state index in [4.69, 9.17) is 0 Å². The highest BCUT2D eigenvalue weighted by atomic mass is 32.2. The van der Waals surface area contributed by atoms with Gasteiger partial charge in [-0.05, 0) is 56.2 Å². The van der Waals surface area contributed by atoms with Crippen LogP contribution < -0.4 is 5.32 Å². The molecular formula is C17H25NO2S. The minimum atomic E-state index is -0.626. The molecule has 1 aromatic carbocycles. The van der Waals surface area contributed by atoms with E-state index in [0.29, 0.717) is 0 Å². The highest BCUT2D eigenvalue weighted by Gasteiger charge is 2.30. The minimum Gasteiger partial charge on any atom is -0.481 e. The van der Waals surface area contributed by atoms with Crippen LogP contribution in [0.15, 0.2) is 29.2 Å². The van der Waals surface area contributed by atoms with E-state index in [1.807, 2.05) is 0 Å². The van der Waals surface area contributed by atoms with Gasteiger partial charge in [0.05, 0.1) is 5.92 Å². The summed E-state index contributed by atoms with van der Waals surface area (Å²) in [5.74, 6) is -0.528. The molecule has 3 nitrogen and oxygen atoms in total. The fourth-order valence-electron chi connectivity index (χ4n) is 3.12. The summed E-state index contributed by atoms with van der Waals surface area (Å²) in [6.07, 6.45) is 6.15. The van der Waals surface area contributed by atoms with E-state index >= 15 is 0 Å². The summed E-state index contributed by atoms with van der Waals surface area (Å²) < 4.78 is 0. The summed E-state index contributed by atoms with van der Waals surface area (Å²) in [5, 5.41) is 12.8. The van der Waals surface area contributed by atoms with Crippen molar-refractivity contribution in [1.29, 1.82) is 0 Å². The third-order valence-corrected chi connectivity index (χ3v) is 5.27. The molecule has 0 aliphatic heterocycles. The molecule has 0 radical (unpaired) electrons. The van der Waals surface area contributed by atoms with Gasteiger partial charge in [-0.3, -0.25) is 4.79 Å². The topological polar surface area (TPSA) is 49.3 Å². The molecule has 0 saturated heterocycles. The molecule has 1 saturated carbocycles. The quantitative estimate of drug-likeness (QED) is 0.781. The van der Waals surface area contributed by atoms with Gasteiger partial charge in [-0.1, -0.05) is 25.0 Å². The molecule has 116 valence electrons. The van der Waals surface area contributed by atoms with Crippen molar-refractivity contribution in [2.45, 2.75) is 43.5 Å². The zero-order chi connectivity index (χ0) is 15.2. The average molecular weight is 307 g/mol. The molecule has 0 spiro atoms. The summed E-state index contributed by atoms with van der Waals surface area (Å²) in [6, 6.07) is 8.84. The Morgan fingerprint density at radius 1 is 1.33 bits per heavy atom. The maximum absolute atomic E-state index is 11.3. The van der Waals surface area contributed by atoms with Crippen molar-refractivity contribution in [2.24, 2.45) is 11.8 Å². The first-order valence-corrected chi connectivity index (χ1v) is 8.94. The molecule has 21 heavy (non-hydrogen) atoms. The van der Waals surface area contributed by atoms with E-state index in [1.54, 1.807) is 11.8 Å². The van der Waals surface area contributed by atoms with E-state index in [1.165, 1.54) is 10.5 Å². The fraction of sp³-hybridized carbons (Fsp3) is 0.588. The average Bonchev–Trinajstić information content (AvgIpc) is 2.52. The van der Waals surface area contributed by atoms with E-state index < -0.39 is 5.97 Å². The Morgan fingerprint density at radius 2 is 2.00 bits per heavy atom. The number of aliphatic carboxylic acids is 1. The molecule has 0 aromatic heterocycles. The number of carbonyl (C=O) groups is 1. The van der Waals surface area contributed by atoms with Gasteiger partial charge < -0.3 is 10.4 Å². The van der Waals surface area contributed by atoms with Gasteiger partial charge in [0, 0.05) is 10.9 Å². The highest BCUT2D eigenvalue weighted by Crippen LogP contribution is 2.30. The van der Waals surface area contributed by atoms with Crippen LogP contribution in [0, 0.1) is 11.8 Å². The summed E-state index contributed by atoms with van der Waals surface area (Å²) in [6.45, 7) is 2.94. The van der Waals surface area contributed by atoms with Crippen molar-refractivity contribution in [3.05, 3.63) is 29.8 Å². The van der Waals surface area contributed by atoms with Gasteiger partial charge in [-0.25, -0.2) is 0 Å². The number of carboxylic acid groups (broad SMARTS) is 1. The lowest BCUT2D eigenvalue weighted by molar-refractivity contribution is -0.144. The van der Waals surface area contributed by atoms with E-state index in [0.717, 1.165) is 32.2 Å². The number of carboxylic acids is 1. The van der Waals surface area contributed by atoms with Crippen LogP contribution in [0.2, 0.25) is 0 Å². The lowest BCUT2D eigenvalue weighted by Gasteiger charge is -2.30. The van der Waals surface area contributed by atoms with Gasteiger partial charge in [0.2, 0.25) is 0 Å². The molecule has 4 heteroatoms. The Kier molecular flexibility index (Phi) is 6.12. The number of benzene rings is 1. The standard InChI is InChI=1S/C17H25NO2S/c1-12(13-7-9-15(21-2)10-8-13)18-11-14-5-3-4-6-16(14)17(19)20/h7-10,12,14,16,18H,3-6,11H2,1-2H3,(H,19,20). The molecule has 2 rings (SSSR count). The second-order valence-electron chi connectivity index (χ2n) is 5.89. The van der Waals surface area contributed by atoms with Crippen LogP contribution in [0.1, 0.15) is 44.2 Å². The fourth-order valence-corrected chi connectivity index (χ4v) is 3.52. The number of hydrogen-bond donors (Lipinski definition) is 2. The Labute approximate surface area is 131 Å². The smallest absolute Gasteiger partial charge is 0.306 e. The molecule has 0 bridgehead atoms. The van der Waals surface area contributed by atoms with Gasteiger partial charge in [0.15, 0.2) is 0 Å². The zero-order valence-electron chi connectivity index (χ0n) is 12.8. The number of rotatable bonds is 6. The maximum Gasteiger partial charge on any atom is 0.306 e. The van der Waals surface area contributed by atoms with Crippen molar-refractivity contribution in [3.8, 4) is 0 Å². The third-order valence-electron chi connectivity index (χ3n) is 4.53. The van der Waals surface area contributed by atoms with Crippen LogP contribution >= 0.6 is 11.8 Å². The first-order chi connectivity index (χ1) is 10.1. The summed E-state index contributed by atoms with van der Waals surface area (Å²) in [5.41, 5.74) is 1.26. The van der Waals surface area contributed by atoms with Crippen molar-refractivity contribution < 1.29 is 9.90 Å². The molecule has 0 heterocycles. The van der Waals surface area contributed by atoms with Gasteiger partial charge in [-0.2, -0.15) is 0 Å². The molecule has 1 aliphatic carbocycles. The van der Waals surface area contributed by atoms with Crippen molar-refractivity contribution in [1.82, 2.24) is 5.32 Å². The number of nitrogens with one attached hydrogen (secondary N) is 1. The molecule has 3 atom stereocenters. The monoisotopic (exact) mass is 307 g/mol. The zero-order valence-corrected chi connectivity index (χ0v) is 13.7. The minimum absolute atomic E-state index is 0.169. The lowest BCUT2D eigenvalue weighted by Crippen LogP contribution is -2.35. The Balaban J connectivity index is 1.89. The number of hydrogen-bond acceptors (Lipinski definition) is 3. The first kappa shape index (κ1) is 16.4. The Bertz CT molecular complexity index is 460. The third kappa shape index (κ3) is 4.48. The normalized spacial score (nSPS) is 23.7. The predicted molar refractivity (Wildman–Crippen MR) is 87.7 cm³/mol. The maximum atomic E-state index is 11.3. The summed E-state index contributed by atoms with van der Waals surface area (Å²) in [7, 11) is 0. The molecular weight excluding hydrogens is 282 g/mol. The largest absolute Gasteiger partial charge is 0.481 e. The first-order valence-electron chi connectivity index (χ1n) is 7.72. The van der Waals surface area contributed by atoms with Crippen LogP contribution in [-0.2, 0) is 4.79 Å². The molecule has 3 unspecified atom stereocenters. The second kappa shape index (κ2) is 7.85. The predicted octanol–water partition coefficient (Wildman–Crippen LogP) is 3.95. The molecule has 1 fully saturated rings. The Hall–Kier alpha value is -1.00. The molecule has 1 aromatic rings. The van der Waals surface area contributed by atoms with Crippen LogP contribution in [0.3, 0.4) is 0 Å².